The van der Waals surface area contributed by atoms with Crippen LogP contribution in [0.2, 0.25) is 0 Å². The minimum Gasteiger partial charge on any atom is -0.496 e. The molecule has 1 amide bonds. The van der Waals surface area contributed by atoms with Gasteiger partial charge in [0.25, 0.3) is 11.5 Å². The van der Waals surface area contributed by atoms with E-state index in [2.05, 4.69) is 40.3 Å². The number of hydrogen-bond donors (Lipinski definition) is 2. The number of aryl methyl sites for hydroxylation is 1. The van der Waals surface area contributed by atoms with Gasteiger partial charge in [-0.15, -0.1) is 0 Å². The highest BCUT2D eigenvalue weighted by atomic mass is 32.2. The topological polar surface area (TPSA) is 94.7 Å². The Balaban J connectivity index is 1.79. The van der Waals surface area contributed by atoms with Gasteiger partial charge in [-0.1, -0.05) is 25.1 Å². The number of rotatable bonds is 9. The van der Waals surface area contributed by atoms with E-state index < -0.39 is 11.0 Å². The van der Waals surface area contributed by atoms with Crippen molar-refractivity contribution in [1.82, 2.24) is 15.2 Å². The molecule has 39 heavy (non-hydrogen) atoms. The van der Waals surface area contributed by atoms with E-state index in [1.807, 2.05) is 50.4 Å². The van der Waals surface area contributed by atoms with Crippen molar-refractivity contribution in [1.29, 1.82) is 0 Å². The molecule has 2 unspecified atom stereocenters. The molecule has 1 aliphatic heterocycles. The third-order valence-electron chi connectivity index (χ3n) is 6.86. The molecule has 2 atom stereocenters. The van der Waals surface area contributed by atoms with Crippen LogP contribution in [0.15, 0.2) is 47.3 Å². The molecule has 0 fully saturated rings. The van der Waals surface area contributed by atoms with Crippen molar-refractivity contribution in [2.75, 3.05) is 32.1 Å². The molecule has 8 nitrogen and oxygen atoms in total. The highest BCUT2D eigenvalue weighted by Gasteiger charge is 2.34. The third kappa shape index (κ3) is 6.09. The lowest BCUT2D eigenvalue weighted by Gasteiger charge is -2.22. The van der Waals surface area contributed by atoms with Crippen LogP contribution in [0.25, 0.3) is 11.1 Å². The number of hydrogen-bond acceptors (Lipinski definition) is 5. The Morgan fingerprint density at radius 3 is 2.62 bits per heavy atom. The summed E-state index contributed by atoms with van der Waals surface area (Å²) >= 11 is 0. The van der Waals surface area contributed by atoms with Gasteiger partial charge in [0.2, 0.25) is 0 Å². The predicted molar refractivity (Wildman–Crippen MR) is 158 cm³/mol. The molecule has 0 radical (unpaired) electrons. The zero-order valence-corrected chi connectivity index (χ0v) is 24.6. The molecule has 3 aromatic rings. The second-order valence-electron chi connectivity index (χ2n) is 10.7. The highest BCUT2D eigenvalue weighted by Crippen LogP contribution is 2.43. The predicted octanol–water partition coefficient (Wildman–Crippen LogP) is 4.35. The van der Waals surface area contributed by atoms with Crippen LogP contribution in [0.4, 0.5) is 5.69 Å². The van der Waals surface area contributed by atoms with Crippen LogP contribution < -0.4 is 19.9 Å². The summed E-state index contributed by atoms with van der Waals surface area (Å²) in [5.41, 5.74) is 5.99. The van der Waals surface area contributed by atoms with Gasteiger partial charge in [0.15, 0.2) is 0 Å². The molecular formula is C30H38N4O4S. The Bertz CT molecular complexity index is 1460. The van der Waals surface area contributed by atoms with Crippen molar-refractivity contribution in [2.45, 2.75) is 52.0 Å². The molecule has 9 heteroatoms. The maximum atomic E-state index is 13.7. The number of pyridine rings is 1. The van der Waals surface area contributed by atoms with Gasteiger partial charge in [0, 0.05) is 35.5 Å². The summed E-state index contributed by atoms with van der Waals surface area (Å²) in [6.45, 7) is 9.09. The second kappa shape index (κ2) is 11.8. The van der Waals surface area contributed by atoms with Crippen LogP contribution in [0, 0.1) is 6.92 Å². The van der Waals surface area contributed by atoms with E-state index in [0.717, 1.165) is 34.5 Å². The standard InChI is InChI=1S/C30H38N4O4S/c1-18(2)39(37)34-16-19(3)28-24(29(35)31-15-25-27(38-7)11-20(4)32-30(25)36)13-23(14-26(28)34)22-10-8-9-21(12-22)17-33(5)6/h8-14,18-19H,15-17H2,1-7H3,(H,31,35)(H,32,36). The Kier molecular flexibility index (Phi) is 8.61. The van der Waals surface area contributed by atoms with Gasteiger partial charge >= 0.3 is 0 Å². The minimum absolute atomic E-state index is 0.00916. The third-order valence-corrected chi connectivity index (χ3v) is 8.45. The Hall–Kier alpha value is -3.43. The van der Waals surface area contributed by atoms with E-state index in [4.69, 9.17) is 4.74 Å². The van der Waals surface area contributed by atoms with Crippen molar-refractivity contribution in [2.24, 2.45) is 0 Å². The first-order valence-corrected chi connectivity index (χ1v) is 14.3. The lowest BCUT2D eigenvalue weighted by molar-refractivity contribution is 0.0949. The van der Waals surface area contributed by atoms with Crippen molar-refractivity contribution < 1.29 is 13.7 Å². The number of carbonyl (C=O) groups excluding carboxylic acids is 1. The molecule has 1 aliphatic rings. The molecule has 2 heterocycles. The molecule has 0 spiro atoms. The molecule has 0 saturated carbocycles. The summed E-state index contributed by atoms with van der Waals surface area (Å²) in [6, 6.07) is 14.0. The molecule has 0 saturated heterocycles. The molecule has 208 valence electrons. The van der Waals surface area contributed by atoms with Crippen LogP contribution in [-0.4, -0.2) is 53.0 Å². The average Bonchev–Trinajstić information content (AvgIpc) is 3.22. The fourth-order valence-corrected chi connectivity index (χ4v) is 6.32. The van der Waals surface area contributed by atoms with Gasteiger partial charge in [-0.2, -0.15) is 0 Å². The van der Waals surface area contributed by atoms with Crippen molar-refractivity contribution >= 4 is 22.6 Å². The maximum Gasteiger partial charge on any atom is 0.256 e. The smallest absolute Gasteiger partial charge is 0.256 e. The van der Waals surface area contributed by atoms with Crippen molar-refractivity contribution in [3.63, 3.8) is 0 Å². The summed E-state index contributed by atoms with van der Waals surface area (Å²) in [4.78, 5) is 31.2. The maximum absolute atomic E-state index is 13.7. The number of amides is 1. The number of aromatic nitrogens is 1. The molecule has 2 aromatic carbocycles. The van der Waals surface area contributed by atoms with E-state index in [-0.39, 0.29) is 29.2 Å². The molecule has 0 aliphatic carbocycles. The quantitative estimate of drug-likeness (QED) is 0.413. The van der Waals surface area contributed by atoms with E-state index in [1.165, 1.54) is 7.11 Å². The van der Waals surface area contributed by atoms with Crippen molar-refractivity contribution in [3.8, 4) is 16.9 Å². The Labute approximate surface area is 233 Å². The number of fused-ring (bicyclic) bond motifs is 1. The molecule has 0 bridgehead atoms. The summed E-state index contributed by atoms with van der Waals surface area (Å²) in [7, 11) is 4.32. The summed E-state index contributed by atoms with van der Waals surface area (Å²) < 4.78 is 20.6. The number of benzene rings is 2. The molecule has 1 aromatic heterocycles. The number of H-pyrrole nitrogens is 1. The number of methoxy groups -OCH3 is 1. The van der Waals surface area contributed by atoms with E-state index in [0.29, 0.717) is 29.1 Å². The fourth-order valence-electron chi connectivity index (χ4n) is 5.09. The average molecular weight is 551 g/mol. The lowest BCUT2D eigenvalue weighted by Crippen LogP contribution is -2.29. The van der Waals surface area contributed by atoms with Gasteiger partial charge in [-0.3, -0.25) is 13.9 Å². The Morgan fingerprint density at radius 2 is 1.95 bits per heavy atom. The monoisotopic (exact) mass is 550 g/mol. The van der Waals surface area contributed by atoms with Gasteiger partial charge in [0.1, 0.15) is 16.7 Å². The number of nitrogens with zero attached hydrogens (tertiary/aromatic N) is 2. The van der Waals surface area contributed by atoms with Crippen molar-refractivity contribution in [3.05, 3.63) is 80.8 Å². The zero-order valence-electron chi connectivity index (χ0n) is 23.8. The number of ether oxygens (including phenoxy) is 1. The minimum atomic E-state index is -1.24. The SMILES string of the molecule is COc1cc(C)[nH]c(=O)c1CNC(=O)c1cc(-c2cccc(CN(C)C)c2)cc2c1C(C)CN2S(=O)C(C)C. The summed E-state index contributed by atoms with van der Waals surface area (Å²) in [5.74, 6) is 0.151. The van der Waals surface area contributed by atoms with E-state index in [9.17, 15) is 13.8 Å². The first-order chi connectivity index (χ1) is 18.5. The normalized spacial score (nSPS) is 15.5. The lowest BCUT2D eigenvalue weighted by atomic mass is 9.92. The first-order valence-electron chi connectivity index (χ1n) is 13.1. The number of carbonyl (C=O) groups is 1. The highest BCUT2D eigenvalue weighted by molar-refractivity contribution is 7.87. The van der Waals surface area contributed by atoms with Crippen LogP contribution in [0.5, 0.6) is 5.75 Å². The van der Waals surface area contributed by atoms with Crippen LogP contribution >= 0.6 is 0 Å². The first kappa shape index (κ1) is 28.6. The molecule has 2 N–H and O–H groups in total. The number of nitrogens with one attached hydrogen (secondary N) is 2. The number of aromatic amines is 1. The van der Waals surface area contributed by atoms with E-state index >= 15 is 0 Å². The van der Waals surface area contributed by atoms with Crippen LogP contribution in [0.3, 0.4) is 0 Å². The van der Waals surface area contributed by atoms with Gasteiger partial charge in [0.05, 0.1) is 24.9 Å². The zero-order chi connectivity index (χ0) is 28.4. The largest absolute Gasteiger partial charge is 0.496 e. The molecular weight excluding hydrogens is 512 g/mol. The van der Waals surface area contributed by atoms with Crippen LogP contribution in [0.1, 0.15) is 59.4 Å². The van der Waals surface area contributed by atoms with Gasteiger partial charge in [-0.25, -0.2) is 4.21 Å². The number of anilines is 1. The fraction of sp³-hybridized carbons (Fsp3) is 0.400. The summed E-state index contributed by atoms with van der Waals surface area (Å²) in [5, 5.41) is 2.88. The van der Waals surface area contributed by atoms with Gasteiger partial charge in [-0.05, 0) is 81.4 Å². The van der Waals surface area contributed by atoms with Gasteiger partial charge < -0.3 is 19.9 Å². The Morgan fingerprint density at radius 1 is 1.21 bits per heavy atom. The van der Waals surface area contributed by atoms with E-state index in [1.54, 1.807) is 13.0 Å². The molecule has 4 rings (SSSR count). The van der Waals surface area contributed by atoms with Crippen LogP contribution in [-0.2, 0) is 24.1 Å². The second-order valence-corrected chi connectivity index (χ2v) is 12.6. The summed E-state index contributed by atoms with van der Waals surface area (Å²) in [6.07, 6.45) is 0.